The summed E-state index contributed by atoms with van der Waals surface area (Å²) in [5.41, 5.74) is 0. The largest absolute Gasteiger partial charge is 0.271 e. The van der Waals surface area contributed by atoms with Crippen molar-refractivity contribution in [2.45, 2.75) is 6.42 Å². The Labute approximate surface area is 78.3 Å². The zero-order chi connectivity index (χ0) is 10.1. The lowest BCUT2D eigenvalue weighted by molar-refractivity contribution is -0.177. The molecule has 0 aromatic heterocycles. The summed E-state index contributed by atoms with van der Waals surface area (Å²) in [5, 5.41) is 1.06. The Kier molecular flexibility index (Phi) is 6.05. The van der Waals surface area contributed by atoms with Crippen molar-refractivity contribution >= 4 is 5.91 Å². The molecule has 0 spiro atoms. The van der Waals surface area contributed by atoms with Gasteiger partial charge in [-0.1, -0.05) is 17.9 Å². The van der Waals surface area contributed by atoms with E-state index in [1.54, 1.807) is 0 Å². The summed E-state index contributed by atoms with van der Waals surface area (Å²) < 4.78 is 0. The number of rotatable bonds is 5. The number of hydroxylamine groups is 2. The van der Waals surface area contributed by atoms with E-state index in [-0.39, 0.29) is 25.5 Å². The van der Waals surface area contributed by atoms with Gasteiger partial charge < -0.3 is 0 Å². The van der Waals surface area contributed by atoms with Crippen LogP contribution in [0.1, 0.15) is 6.42 Å². The van der Waals surface area contributed by atoms with E-state index in [0.29, 0.717) is 0 Å². The normalized spacial score (nSPS) is 8.15. The highest BCUT2D eigenvalue weighted by atomic mass is 16.7. The van der Waals surface area contributed by atoms with Gasteiger partial charge in [-0.3, -0.25) is 9.63 Å². The van der Waals surface area contributed by atoms with Crippen LogP contribution < -0.4 is 0 Å². The zero-order valence-electron chi connectivity index (χ0n) is 7.32. The fourth-order valence-corrected chi connectivity index (χ4v) is 0.607. The molecule has 0 aliphatic rings. The van der Waals surface area contributed by atoms with E-state index in [4.69, 9.17) is 17.7 Å². The Morgan fingerprint density at radius 3 is 2.69 bits per heavy atom. The van der Waals surface area contributed by atoms with Crippen LogP contribution in [0.15, 0.2) is 12.7 Å². The van der Waals surface area contributed by atoms with Crippen LogP contribution in [-0.4, -0.2) is 24.1 Å². The van der Waals surface area contributed by atoms with E-state index in [1.807, 2.05) is 0 Å². The zero-order valence-corrected chi connectivity index (χ0v) is 7.32. The molecule has 0 saturated carbocycles. The van der Waals surface area contributed by atoms with E-state index in [1.165, 1.54) is 6.08 Å². The molecule has 0 rings (SSSR count). The van der Waals surface area contributed by atoms with E-state index in [0.717, 1.165) is 5.06 Å². The number of carbonyl (C=O) groups excluding carboxylic acids is 1. The van der Waals surface area contributed by atoms with Gasteiger partial charge in [0.1, 0.15) is 6.54 Å². The minimum atomic E-state index is -0.317. The average Bonchev–Trinajstić information content (AvgIpc) is 2.12. The Morgan fingerprint density at radius 1 is 1.54 bits per heavy atom. The first-order valence-corrected chi connectivity index (χ1v) is 3.67. The number of nitrogens with zero attached hydrogens (tertiary/aromatic N) is 1. The average molecular weight is 177 g/mol. The SMILES string of the molecule is C#CCC(=O)N(CC#C)OCC=C. The van der Waals surface area contributed by atoms with Gasteiger partial charge in [-0.2, -0.15) is 0 Å². The van der Waals surface area contributed by atoms with Crippen molar-refractivity contribution in [2.24, 2.45) is 0 Å². The van der Waals surface area contributed by atoms with Crippen LogP contribution in [0.5, 0.6) is 0 Å². The molecule has 0 heterocycles. The predicted molar refractivity (Wildman–Crippen MR) is 50.1 cm³/mol. The smallest absolute Gasteiger partial charge is 0.259 e. The molecule has 0 unspecified atom stereocenters. The third-order valence-electron chi connectivity index (χ3n) is 1.11. The highest BCUT2D eigenvalue weighted by Gasteiger charge is 2.10. The number of hydrogen-bond donors (Lipinski definition) is 0. The van der Waals surface area contributed by atoms with Crippen LogP contribution in [0.2, 0.25) is 0 Å². The Morgan fingerprint density at radius 2 is 2.23 bits per heavy atom. The van der Waals surface area contributed by atoms with E-state index in [9.17, 15) is 4.79 Å². The minimum Gasteiger partial charge on any atom is -0.271 e. The van der Waals surface area contributed by atoms with Gasteiger partial charge in [0, 0.05) is 0 Å². The van der Waals surface area contributed by atoms with Gasteiger partial charge in [-0.05, 0) is 0 Å². The third kappa shape index (κ3) is 4.68. The maximum Gasteiger partial charge on any atom is 0.259 e. The third-order valence-corrected chi connectivity index (χ3v) is 1.11. The molecular weight excluding hydrogens is 166 g/mol. The second-order valence-corrected chi connectivity index (χ2v) is 2.10. The molecular formula is C10H11NO2. The van der Waals surface area contributed by atoms with Crippen LogP contribution in [0.25, 0.3) is 0 Å². The minimum absolute atomic E-state index is 0.0151. The second kappa shape index (κ2) is 6.97. The van der Waals surface area contributed by atoms with E-state index in [2.05, 4.69) is 18.4 Å². The summed E-state index contributed by atoms with van der Waals surface area (Å²) >= 11 is 0. The molecule has 3 heteroatoms. The van der Waals surface area contributed by atoms with Crippen LogP contribution >= 0.6 is 0 Å². The molecule has 0 aromatic carbocycles. The Hall–Kier alpha value is -1.71. The van der Waals surface area contributed by atoms with Crippen molar-refractivity contribution in [3.05, 3.63) is 12.7 Å². The van der Waals surface area contributed by atoms with Gasteiger partial charge in [0.05, 0.1) is 13.0 Å². The van der Waals surface area contributed by atoms with Crippen molar-refractivity contribution in [2.75, 3.05) is 13.2 Å². The molecule has 0 aliphatic heterocycles. The molecule has 68 valence electrons. The predicted octanol–water partition coefficient (Wildman–Crippen LogP) is 0.589. The van der Waals surface area contributed by atoms with Gasteiger partial charge in [-0.15, -0.1) is 19.4 Å². The number of amides is 1. The van der Waals surface area contributed by atoms with Gasteiger partial charge in [-0.25, -0.2) is 5.06 Å². The molecule has 1 amide bonds. The van der Waals surface area contributed by atoms with Gasteiger partial charge in [0.2, 0.25) is 0 Å². The van der Waals surface area contributed by atoms with Gasteiger partial charge in [0.25, 0.3) is 5.91 Å². The molecule has 13 heavy (non-hydrogen) atoms. The van der Waals surface area contributed by atoms with Gasteiger partial charge in [0.15, 0.2) is 0 Å². The summed E-state index contributed by atoms with van der Waals surface area (Å²) in [6, 6.07) is 0. The quantitative estimate of drug-likeness (QED) is 0.349. The second-order valence-electron chi connectivity index (χ2n) is 2.10. The number of hydrogen-bond acceptors (Lipinski definition) is 2. The summed E-state index contributed by atoms with van der Waals surface area (Å²) in [7, 11) is 0. The molecule has 0 aliphatic carbocycles. The van der Waals surface area contributed by atoms with Crippen molar-refractivity contribution in [3.8, 4) is 24.7 Å². The molecule has 3 nitrogen and oxygen atoms in total. The number of terminal acetylenes is 2. The Balaban J connectivity index is 4.09. The van der Waals surface area contributed by atoms with Crippen molar-refractivity contribution in [1.29, 1.82) is 0 Å². The van der Waals surface area contributed by atoms with Crippen LogP contribution in [0.4, 0.5) is 0 Å². The summed E-state index contributed by atoms with van der Waals surface area (Å²) in [6.45, 7) is 3.77. The molecule has 0 radical (unpaired) electrons. The van der Waals surface area contributed by atoms with Crippen molar-refractivity contribution < 1.29 is 9.63 Å². The lowest BCUT2D eigenvalue weighted by Crippen LogP contribution is -2.31. The first kappa shape index (κ1) is 11.3. The van der Waals surface area contributed by atoms with Crippen LogP contribution in [-0.2, 0) is 9.63 Å². The molecule has 0 fully saturated rings. The van der Waals surface area contributed by atoms with Crippen molar-refractivity contribution in [3.63, 3.8) is 0 Å². The maximum absolute atomic E-state index is 11.2. The fraction of sp³-hybridized carbons (Fsp3) is 0.300. The first-order valence-electron chi connectivity index (χ1n) is 3.67. The molecule has 0 saturated heterocycles. The summed E-state index contributed by atoms with van der Waals surface area (Å²) in [6.07, 6.45) is 11.5. The maximum atomic E-state index is 11.2. The van der Waals surface area contributed by atoms with Crippen LogP contribution in [0, 0.1) is 24.7 Å². The van der Waals surface area contributed by atoms with Gasteiger partial charge >= 0.3 is 0 Å². The number of carbonyl (C=O) groups is 1. The van der Waals surface area contributed by atoms with Crippen LogP contribution in [0.3, 0.4) is 0 Å². The molecule has 0 bridgehead atoms. The highest BCUT2D eigenvalue weighted by molar-refractivity contribution is 5.77. The fourth-order valence-electron chi connectivity index (χ4n) is 0.607. The van der Waals surface area contributed by atoms with E-state index >= 15 is 0 Å². The highest BCUT2D eigenvalue weighted by Crippen LogP contribution is 1.94. The summed E-state index contributed by atoms with van der Waals surface area (Å²) in [4.78, 5) is 16.1. The standard InChI is InChI=1S/C10H11NO2/c1-4-7-10(12)11(8-5-2)13-9-6-3/h1-2,6H,3,7-9H2. The molecule has 0 atom stereocenters. The molecule has 0 aromatic rings. The first-order chi connectivity index (χ1) is 6.26. The lowest BCUT2D eigenvalue weighted by atomic mass is 10.4. The molecule has 0 N–H and O–H groups in total. The van der Waals surface area contributed by atoms with E-state index < -0.39 is 0 Å². The lowest BCUT2D eigenvalue weighted by Gasteiger charge is -2.17. The monoisotopic (exact) mass is 177 g/mol. The van der Waals surface area contributed by atoms with Crippen molar-refractivity contribution in [1.82, 2.24) is 5.06 Å². The Bertz CT molecular complexity index is 257. The summed E-state index contributed by atoms with van der Waals surface area (Å²) in [5.74, 6) is 4.19. The topological polar surface area (TPSA) is 29.5 Å².